The molecule has 0 spiro atoms. The van der Waals surface area contributed by atoms with Crippen LogP contribution in [0.3, 0.4) is 0 Å². The first kappa shape index (κ1) is 17.6. The molecular weight excluding hydrogens is 419 g/mol. The Morgan fingerprint density at radius 3 is 1.59 bits per heavy atom. The van der Waals surface area contributed by atoms with Gasteiger partial charge >= 0.3 is 0 Å². The van der Waals surface area contributed by atoms with Gasteiger partial charge in [-0.25, -0.2) is 0 Å². The molecule has 0 aliphatic heterocycles. The van der Waals surface area contributed by atoms with Crippen molar-refractivity contribution in [1.29, 1.82) is 0 Å². The van der Waals surface area contributed by atoms with Gasteiger partial charge in [-0.2, -0.15) is 0 Å². The second-order valence-corrected chi connectivity index (χ2v) is 7.55. The van der Waals surface area contributed by atoms with E-state index in [4.69, 9.17) is 23.2 Å². The fourth-order valence-corrected chi connectivity index (χ4v) is 5.21. The predicted octanol–water partition coefficient (Wildman–Crippen LogP) is 4.75. The molecule has 0 fully saturated rings. The van der Waals surface area contributed by atoms with Crippen LogP contribution in [0.5, 0.6) is 0 Å². The molecule has 0 saturated heterocycles. The molecule has 0 aliphatic rings. The van der Waals surface area contributed by atoms with Crippen LogP contribution < -0.4 is 15.9 Å². The van der Waals surface area contributed by atoms with Gasteiger partial charge in [-0.15, -0.1) is 0 Å². The van der Waals surface area contributed by atoms with Crippen LogP contribution in [0.1, 0.15) is 0 Å². The molecule has 0 heterocycles. The van der Waals surface area contributed by atoms with Gasteiger partial charge in [0.25, 0.3) is 0 Å². The van der Waals surface area contributed by atoms with Gasteiger partial charge in [-0.05, 0) is 24.6 Å². The van der Waals surface area contributed by atoms with Gasteiger partial charge < -0.3 is 0 Å². The summed E-state index contributed by atoms with van der Waals surface area (Å²) in [6, 6.07) is 26.8. The van der Waals surface area contributed by atoms with Crippen LogP contribution in [0.2, 0.25) is 10.0 Å². The van der Waals surface area contributed by atoms with Gasteiger partial charge in [0, 0.05) is 24.8 Å². The Hall–Kier alpha value is -0.707. The summed E-state index contributed by atoms with van der Waals surface area (Å²) in [4.78, 5) is 0. The Bertz CT molecular complexity index is 693. The topological polar surface area (TPSA) is 0 Å². The molecule has 22 heavy (non-hydrogen) atoms. The predicted molar refractivity (Wildman–Crippen MR) is 95.2 cm³/mol. The van der Waals surface area contributed by atoms with Gasteiger partial charge in [-0.3, -0.25) is 0 Å². The molecule has 0 aromatic heterocycles. The summed E-state index contributed by atoms with van der Waals surface area (Å²) in [7, 11) is -0.699. The van der Waals surface area contributed by atoms with Crippen molar-refractivity contribution >= 4 is 47.0 Å². The first-order chi connectivity index (χ1) is 10.3. The second kappa shape index (κ2) is 8.23. The Morgan fingerprint density at radius 2 is 1.09 bits per heavy atom. The number of hydrogen-bond acceptors (Lipinski definition) is 0. The molecule has 0 atom stereocenters. The molecule has 0 saturated carbocycles. The average molecular weight is 432 g/mol. The van der Waals surface area contributed by atoms with Crippen molar-refractivity contribution in [3.05, 3.63) is 88.9 Å². The normalized spacial score (nSPS) is 10.3. The SMILES string of the molecule is Clc1cccc(P(c2ccccc2)c2ccccc2)c1Cl.[Ru]. The maximum absolute atomic E-state index is 6.47. The molecule has 0 N–H and O–H groups in total. The van der Waals surface area contributed by atoms with Gasteiger partial charge in [0.2, 0.25) is 0 Å². The van der Waals surface area contributed by atoms with E-state index in [-0.39, 0.29) is 19.5 Å². The van der Waals surface area contributed by atoms with E-state index in [2.05, 4.69) is 54.6 Å². The van der Waals surface area contributed by atoms with Crippen LogP contribution in [0.25, 0.3) is 0 Å². The quantitative estimate of drug-likeness (QED) is 0.414. The molecule has 4 heteroatoms. The first-order valence-corrected chi connectivity index (χ1v) is 8.71. The number of rotatable bonds is 3. The fraction of sp³-hybridized carbons (Fsp3) is 0. The van der Waals surface area contributed by atoms with E-state index in [1.54, 1.807) is 0 Å². The van der Waals surface area contributed by atoms with Crippen molar-refractivity contribution in [1.82, 2.24) is 0 Å². The van der Waals surface area contributed by atoms with E-state index in [1.165, 1.54) is 10.6 Å². The van der Waals surface area contributed by atoms with Crippen LogP contribution >= 0.6 is 31.1 Å². The minimum absolute atomic E-state index is 0. The van der Waals surface area contributed by atoms with Gasteiger partial charge in [-0.1, -0.05) is 96.0 Å². The van der Waals surface area contributed by atoms with Crippen molar-refractivity contribution in [2.45, 2.75) is 0 Å². The molecule has 0 aliphatic carbocycles. The standard InChI is InChI=1S/C18H13Cl2P.Ru/c19-16-12-7-13-17(18(16)20)21(14-8-3-1-4-9-14)15-10-5-2-6-11-15;/h1-13H;. The molecular formula is C18H13Cl2PRu. The molecule has 0 radical (unpaired) electrons. The van der Waals surface area contributed by atoms with Crippen LogP contribution in [0.15, 0.2) is 78.9 Å². The van der Waals surface area contributed by atoms with Crippen LogP contribution in [0.4, 0.5) is 0 Å². The molecule has 112 valence electrons. The number of hydrogen-bond donors (Lipinski definition) is 0. The Balaban J connectivity index is 0.00000176. The van der Waals surface area contributed by atoms with Crippen molar-refractivity contribution in [3.8, 4) is 0 Å². The zero-order chi connectivity index (χ0) is 14.7. The minimum Gasteiger partial charge on any atom is -0.0827 e. The zero-order valence-corrected chi connectivity index (χ0v) is 15.7. The van der Waals surface area contributed by atoms with Crippen molar-refractivity contribution in [3.63, 3.8) is 0 Å². The molecule has 0 nitrogen and oxygen atoms in total. The summed E-state index contributed by atoms with van der Waals surface area (Å²) in [6.07, 6.45) is 0. The first-order valence-electron chi connectivity index (χ1n) is 6.61. The summed E-state index contributed by atoms with van der Waals surface area (Å²) in [5.41, 5.74) is 0. The van der Waals surface area contributed by atoms with Gasteiger partial charge in [0.1, 0.15) is 0 Å². The molecule has 3 rings (SSSR count). The van der Waals surface area contributed by atoms with E-state index in [1.807, 2.05) is 24.3 Å². The number of halogens is 2. The average Bonchev–Trinajstić information content (AvgIpc) is 2.54. The summed E-state index contributed by atoms with van der Waals surface area (Å²) in [5, 5.41) is 4.88. The van der Waals surface area contributed by atoms with E-state index in [0.717, 1.165) is 5.30 Å². The minimum atomic E-state index is -0.699. The Kier molecular flexibility index (Phi) is 6.60. The largest absolute Gasteiger partial charge is 0.0827 e. The molecule has 0 unspecified atom stereocenters. The van der Waals surface area contributed by atoms with E-state index >= 15 is 0 Å². The van der Waals surface area contributed by atoms with Gasteiger partial charge in [0.05, 0.1) is 10.0 Å². The van der Waals surface area contributed by atoms with Crippen molar-refractivity contribution in [2.24, 2.45) is 0 Å². The smallest absolute Gasteiger partial charge is 0.0675 e. The Morgan fingerprint density at radius 1 is 0.591 bits per heavy atom. The molecule has 0 bridgehead atoms. The van der Waals surface area contributed by atoms with Crippen LogP contribution in [-0.4, -0.2) is 0 Å². The summed E-state index contributed by atoms with van der Waals surface area (Å²) >= 11 is 12.7. The number of benzene rings is 3. The third-order valence-corrected chi connectivity index (χ3v) is 6.64. The van der Waals surface area contributed by atoms with E-state index < -0.39 is 7.92 Å². The fourth-order valence-electron chi connectivity index (χ4n) is 2.25. The zero-order valence-electron chi connectivity index (χ0n) is 11.6. The van der Waals surface area contributed by atoms with Gasteiger partial charge in [0.15, 0.2) is 0 Å². The summed E-state index contributed by atoms with van der Waals surface area (Å²) in [5.74, 6) is 0. The molecule has 3 aromatic rings. The van der Waals surface area contributed by atoms with Crippen LogP contribution in [-0.2, 0) is 19.5 Å². The van der Waals surface area contributed by atoms with Crippen molar-refractivity contribution in [2.75, 3.05) is 0 Å². The third kappa shape index (κ3) is 3.79. The third-order valence-electron chi connectivity index (χ3n) is 3.20. The summed E-state index contributed by atoms with van der Waals surface area (Å²) in [6.45, 7) is 0. The maximum atomic E-state index is 6.47. The second-order valence-electron chi connectivity index (χ2n) is 4.58. The maximum Gasteiger partial charge on any atom is 0.0675 e. The molecule has 3 aromatic carbocycles. The monoisotopic (exact) mass is 432 g/mol. The summed E-state index contributed by atoms with van der Waals surface area (Å²) < 4.78 is 0. The van der Waals surface area contributed by atoms with E-state index in [0.29, 0.717) is 10.0 Å². The van der Waals surface area contributed by atoms with Crippen LogP contribution in [0, 0.1) is 0 Å². The Labute approximate surface area is 155 Å². The van der Waals surface area contributed by atoms with Crippen molar-refractivity contribution < 1.29 is 19.5 Å². The van der Waals surface area contributed by atoms with E-state index in [9.17, 15) is 0 Å². The molecule has 0 amide bonds.